The Morgan fingerprint density at radius 1 is 1.53 bits per heavy atom. The van der Waals surface area contributed by atoms with E-state index in [-0.39, 0.29) is 11.9 Å². The van der Waals surface area contributed by atoms with Crippen LogP contribution in [0.2, 0.25) is 10.2 Å². The lowest BCUT2D eigenvalue weighted by molar-refractivity contribution is 0.00308. The summed E-state index contributed by atoms with van der Waals surface area (Å²) in [4.78, 5) is 14.1. The van der Waals surface area contributed by atoms with Crippen LogP contribution in [0.25, 0.3) is 0 Å². The minimum absolute atomic E-state index is 0.0582. The smallest absolute Gasteiger partial charge is 0.270 e. The van der Waals surface area contributed by atoms with E-state index in [1.807, 2.05) is 6.92 Å². The molecule has 1 aromatic heterocycles. The standard InChI is InChI=1S/C11H14Cl2N2O2/c1-7-6-17-4-3-15(7)11(16)9-5-8(12)10(13)14(9)2/h5,7H,3-4,6H2,1-2H3/t7-/m1/s1. The van der Waals surface area contributed by atoms with Crippen molar-refractivity contribution in [3.63, 3.8) is 0 Å². The zero-order valence-electron chi connectivity index (χ0n) is 9.74. The van der Waals surface area contributed by atoms with Gasteiger partial charge in [-0.2, -0.15) is 0 Å². The molecule has 1 aromatic rings. The topological polar surface area (TPSA) is 34.5 Å². The monoisotopic (exact) mass is 276 g/mol. The molecule has 0 radical (unpaired) electrons. The van der Waals surface area contributed by atoms with Crippen molar-refractivity contribution >= 4 is 29.1 Å². The van der Waals surface area contributed by atoms with Gasteiger partial charge in [0.2, 0.25) is 0 Å². The van der Waals surface area contributed by atoms with Crippen LogP contribution in [-0.4, -0.2) is 41.2 Å². The van der Waals surface area contributed by atoms with Crippen molar-refractivity contribution in [2.45, 2.75) is 13.0 Å². The van der Waals surface area contributed by atoms with E-state index >= 15 is 0 Å². The fraction of sp³-hybridized carbons (Fsp3) is 0.545. The van der Waals surface area contributed by atoms with Crippen molar-refractivity contribution in [2.24, 2.45) is 7.05 Å². The predicted octanol–water partition coefficient (Wildman–Crippen LogP) is 2.19. The van der Waals surface area contributed by atoms with Gasteiger partial charge in [-0.05, 0) is 13.0 Å². The molecule has 1 aliphatic heterocycles. The first-order valence-corrected chi connectivity index (χ1v) is 6.17. The second kappa shape index (κ2) is 4.88. The van der Waals surface area contributed by atoms with Gasteiger partial charge in [0, 0.05) is 13.6 Å². The molecule has 1 saturated heterocycles. The van der Waals surface area contributed by atoms with Crippen molar-refractivity contribution in [1.82, 2.24) is 9.47 Å². The van der Waals surface area contributed by atoms with Crippen LogP contribution < -0.4 is 0 Å². The summed E-state index contributed by atoms with van der Waals surface area (Å²) < 4.78 is 6.91. The second-order valence-corrected chi connectivity index (χ2v) is 4.92. The summed E-state index contributed by atoms with van der Waals surface area (Å²) in [6.07, 6.45) is 0. The number of hydrogen-bond donors (Lipinski definition) is 0. The molecule has 2 heterocycles. The van der Waals surface area contributed by atoms with Gasteiger partial charge in [-0.3, -0.25) is 4.79 Å². The summed E-state index contributed by atoms with van der Waals surface area (Å²) in [5.41, 5.74) is 0.508. The summed E-state index contributed by atoms with van der Waals surface area (Å²) in [5, 5.41) is 0.786. The van der Waals surface area contributed by atoms with E-state index in [9.17, 15) is 4.79 Å². The van der Waals surface area contributed by atoms with Gasteiger partial charge in [-0.15, -0.1) is 0 Å². The first-order chi connectivity index (χ1) is 8.02. The number of carbonyl (C=O) groups excluding carboxylic acids is 1. The summed E-state index contributed by atoms with van der Waals surface area (Å²) in [6.45, 7) is 3.70. The van der Waals surface area contributed by atoms with Crippen LogP contribution in [0, 0.1) is 0 Å². The maximum absolute atomic E-state index is 12.3. The number of aromatic nitrogens is 1. The predicted molar refractivity (Wildman–Crippen MR) is 66.8 cm³/mol. The molecule has 4 nitrogen and oxygen atoms in total. The molecule has 6 heteroatoms. The number of nitrogens with zero attached hydrogens (tertiary/aromatic N) is 2. The first kappa shape index (κ1) is 12.7. The molecule has 0 aromatic carbocycles. The third kappa shape index (κ3) is 2.30. The Morgan fingerprint density at radius 2 is 2.24 bits per heavy atom. The fourth-order valence-corrected chi connectivity index (χ4v) is 2.30. The van der Waals surface area contributed by atoms with E-state index in [1.165, 1.54) is 0 Å². The Balaban J connectivity index is 2.27. The van der Waals surface area contributed by atoms with E-state index in [0.29, 0.717) is 35.6 Å². The minimum Gasteiger partial charge on any atom is -0.377 e. The summed E-state index contributed by atoms with van der Waals surface area (Å²) >= 11 is 11.9. The zero-order valence-corrected chi connectivity index (χ0v) is 11.3. The molecule has 0 bridgehead atoms. The maximum Gasteiger partial charge on any atom is 0.270 e. The molecular weight excluding hydrogens is 263 g/mol. The van der Waals surface area contributed by atoms with Crippen molar-refractivity contribution in [2.75, 3.05) is 19.8 Å². The highest BCUT2D eigenvalue weighted by Crippen LogP contribution is 2.26. The number of hydrogen-bond acceptors (Lipinski definition) is 2. The average Bonchev–Trinajstić information content (AvgIpc) is 2.57. The van der Waals surface area contributed by atoms with Crippen LogP contribution in [0.15, 0.2) is 6.07 Å². The highest BCUT2D eigenvalue weighted by atomic mass is 35.5. The Morgan fingerprint density at radius 3 is 2.76 bits per heavy atom. The molecule has 1 amide bonds. The van der Waals surface area contributed by atoms with E-state index in [4.69, 9.17) is 27.9 Å². The molecule has 0 spiro atoms. The van der Waals surface area contributed by atoms with Gasteiger partial charge in [0.05, 0.1) is 24.3 Å². The quantitative estimate of drug-likeness (QED) is 0.788. The van der Waals surface area contributed by atoms with Gasteiger partial charge in [0.15, 0.2) is 0 Å². The number of halogens is 2. The van der Waals surface area contributed by atoms with E-state index < -0.39 is 0 Å². The van der Waals surface area contributed by atoms with Crippen LogP contribution >= 0.6 is 23.2 Å². The Labute approximate surface area is 110 Å². The minimum atomic E-state index is -0.0582. The van der Waals surface area contributed by atoms with Crippen LogP contribution in [0.4, 0.5) is 0 Å². The van der Waals surface area contributed by atoms with Crippen LogP contribution in [0.1, 0.15) is 17.4 Å². The lowest BCUT2D eigenvalue weighted by atomic mass is 10.2. The number of morpholine rings is 1. The first-order valence-electron chi connectivity index (χ1n) is 5.41. The number of rotatable bonds is 1. The van der Waals surface area contributed by atoms with Crippen LogP contribution in [-0.2, 0) is 11.8 Å². The molecule has 94 valence electrons. The molecule has 1 fully saturated rings. The molecule has 2 rings (SSSR count). The van der Waals surface area contributed by atoms with Gasteiger partial charge < -0.3 is 14.2 Å². The molecule has 0 unspecified atom stereocenters. The SMILES string of the molecule is C[C@@H]1COCCN1C(=O)c1cc(Cl)c(Cl)n1C. The van der Waals surface area contributed by atoms with Gasteiger partial charge in [-0.25, -0.2) is 0 Å². The zero-order chi connectivity index (χ0) is 12.6. The van der Waals surface area contributed by atoms with Crippen molar-refractivity contribution in [1.29, 1.82) is 0 Å². The molecule has 0 saturated carbocycles. The van der Waals surface area contributed by atoms with Gasteiger partial charge in [-0.1, -0.05) is 23.2 Å². The number of amides is 1. The van der Waals surface area contributed by atoms with Gasteiger partial charge in [0.1, 0.15) is 10.8 Å². The molecule has 1 atom stereocenters. The fourth-order valence-electron chi connectivity index (χ4n) is 1.92. The van der Waals surface area contributed by atoms with Gasteiger partial charge in [0.25, 0.3) is 5.91 Å². The molecule has 0 aliphatic carbocycles. The highest BCUT2D eigenvalue weighted by Gasteiger charge is 2.27. The molecule has 17 heavy (non-hydrogen) atoms. The second-order valence-electron chi connectivity index (χ2n) is 4.15. The summed E-state index contributed by atoms with van der Waals surface area (Å²) in [7, 11) is 1.73. The summed E-state index contributed by atoms with van der Waals surface area (Å²) in [5.74, 6) is -0.0582. The van der Waals surface area contributed by atoms with Crippen molar-refractivity contribution in [3.8, 4) is 0 Å². The van der Waals surface area contributed by atoms with Crippen molar-refractivity contribution < 1.29 is 9.53 Å². The van der Waals surface area contributed by atoms with E-state index in [2.05, 4.69) is 0 Å². The number of carbonyl (C=O) groups is 1. The average molecular weight is 277 g/mol. The van der Waals surface area contributed by atoms with Crippen LogP contribution in [0.3, 0.4) is 0 Å². The third-order valence-corrected chi connectivity index (χ3v) is 3.81. The highest BCUT2D eigenvalue weighted by molar-refractivity contribution is 6.41. The molecule has 1 aliphatic rings. The van der Waals surface area contributed by atoms with Gasteiger partial charge >= 0.3 is 0 Å². The maximum atomic E-state index is 12.3. The van der Waals surface area contributed by atoms with E-state index in [0.717, 1.165) is 0 Å². The molecular formula is C11H14Cl2N2O2. The Bertz CT molecular complexity index is 445. The normalized spacial score (nSPS) is 20.7. The Kier molecular flexibility index (Phi) is 3.66. The lowest BCUT2D eigenvalue weighted by Gasteiger charge is -2.33. The van der Waals surface area contributed by atoms with Crippen LogP contribution in [0.5, 0.6) is 0 Å². The summed E-state index contributed by atoms with van der Waals surface area (Å²) in [6, 6.07) is 1.68. The molecule has 0 N–H and O–H groups in total. The largest absolute Gasteiger partial charge is 0.377 e. The third-order valence-electron chi connectivity index (χ3n) is 2.96. The Hall–Kier alpha value is -0.710. The lowest BCUT2D eigenvalue weighted by Crippen LogP contribution is -2.47. The number of ether oxygens (including phenoxy) is 1. The van der Waals surface area contributed by atoms with Crippen molar-refractivity contribution in [3.05, 3.63) is 21.9 Å². The van der Waals surface area contributed by atoms with E-state index in [1.54, 1.807) is 22.6 Å².